The molecular formula is C18H18F4N2O3. The molecule has 0 bridgehead atoms. The first kappa shape index (κ1) is 20.3. The normalized spacial score (nSPS) is 11.0. The number of nitrogens with one attached hydrogen (secondary N) is 2. The highest BCUT2D eigenvalue weighted by Gasteiger charge is 2.29. The smallest absolute Gasteiger partial charge is 0.422 e. The van der Waals surface area contributed by atoms with Crippen LogP contribution in [0.5, 0.6) is 11.5 Å². The van der Waals surface area contributed by atoms with Gasteiger partial charge in [-0.25, -0.2) is 9.18 Å². The molecule has 0 aliphatic carbocycles. The van der Waals surface area contributed by atoms with Crippen molar-refractivity contribution >= 4 is 11.7 Å². The summed E-state index contributed by atoms with van der Waals surface area (Å²) in [7, 11) is 1.29. The fraction of sp³-hybridized carbons (Fsp3) is 0.278. The predicted molar refractivity (Wildman–Crippen MR) is 91.7 cm³/mol. The van der Waals surface area contributed by atoms with Gasteiger partial charge in [0.1, 0.15) is 5.82 Å². The zero-order chi connectivity index (χ0) is 19.9. The van der Waals surface area contributed by atoms with E-state index in [4.69, 9.17) is 9.47 Å². The van der Waals surface area contributed by atoms with Crippen molar-refractivity contribution in [1.82, 2.24) is 5.32 Å². The van der Waals surface area contributed by atoms with Crippen molar-refractivity contribution in [3.63, 3.8) is 0 Å². The second kappa shape index (κ2) is 9.11. The fourth-order valence-electron chi connectivity index (χ4n) is 2.21. The van der Waals surface area contributed by atoms with Crippen LogP contribution in [0.15, 0.2) is 42.5 Å². The second-order valence-electron chi connectivity index (χ2n) is 5.49. The third-order valence-corrected chi connectivity index (χ3v) is 3.45. The quantitative estimate of drug-likeness (QED) is 0.704. The van der Waals surface area contributed by atoms with Crippen LogP contribution < -0.4 is 20.1 Å². The summed E-state index contributed by atoms with van der Waals surface area (Å²) in [6, 6.07) is 9.67. The minimum absolute atomic E-state index is 0.102. The second-order valence-corrected chi connectivity index (χ2v) is 5.49. The lowest BCUT2D eigenvalue weighted by molar-refractivity contribution is -0.153. The van der Waals surface area contributed by atoms with Gasteiger partial charge in [0.05, 0.1) is 7.11 Å². The number of carbonyl (C=O) groups is 1. The Morgan fingerprint density at radius 1 is 1.11 bits per heavy atom. The van der Waals surface area contributed by atoms with Crippen LogP contribution in [-0.4, -0.2) is 32.5 Å². The van der Waals surface area contributed by atoms with E-state index in [1.165, 1.54) is 31.4 Å². The van der Waals surface area contributed by atoms with Gasteiger partial charge in [0.25, 0.3) is 0 Å². The number of alkyl halides is 3. The highest BCUT2D eigenvalue weighted by Crippen LogP contribution is 2.31. The SMILES string of the molecule is COc1ccc(NC(=O)NCCc2ccccc2F)cc1OCC(F)(F)F. The molecule has 9 heteroatoms. The Morgan fingerprint density at radius 2 is 1.85 bits per heavy atom. The van der Waals surface area contributed by atoms with Gasteiger partial charge in [-0.05, 0) is 30.2 Å². The Kier molecular flexibility index (Phi) is 6.86. The first-order chi connectivity index (χ1) is 12.8. The van der Waals surface area contributed by atoms with Crippen LogP contribution in [-0.2, 0) is 6.42 Å². The molecule has 0 saturated carbocycles. The van der Waals surface area contributed by atoms with E-state index in [0.717, 1.165) is 0 Å². The summed E-state index contributed by atoms with van der Waals surface area (Å²) in [5.74, 6) is -0.412. The van der Waals surface area contributed by atoms with Crippen molar-refractivity contribution in [2.24, 2.45) is 0 Å². The largest absolute Gasteiger partial charge is 0.493 e. The molecule has 0 unspecified atom stereocenters. The lowest BCUT2D eigenvalue weighted by atomic mass is 10.1. The van der Waals surface area contributed by atoms with Gasteiger partial charge in [-0.2, -0.15) is 13.2 Å². The Hall–Kier alpha value is -2.97. The molecule has 0 heterocycles. The first-order valence-corrected chi connectivity index (χ1v) is 7.94. The number of ether oxygens (including phenoxy) is 2. The van der Waals surface area contributed by atoms with E-state index < -0.39 is 18.8 Å². The molecular weight excluding hydrogens is 368 g/mol. The van der Waals surface area contributed by atoms with E-state index in [1.54, 1.807) is 18.2 Å². The van der Waals surface area contributed by atoms with E-state index in [-0.39, 0.29) is 29.5 Å². The summed E-state index contributed by atoms with van der Waals surface area (Å²) in [5.41, 5.74) is 0.682. The molecule has 27 heavy (non-hydrogen) atoms. The Balaban J connectivity index is 1.91. The van der Waals surface area contributed by atoms with E-state index in [2.05, 4.69) is 10.6 Å². The molecule has 0 fully saturated rings. The molecule has 2 N–H and O–H groups in total. The Bertz CT molecular complexity index is 781. The molecule has 2 aromatic rings. The Morgan fingerprint density at radius 3 is 2.52 bits per heavy atom. The van der Waals surface area contributed by atoms with Crippen LogP contribution >= 0.6 is 0 Å². The summed E-state index contributed by atoms with van der Waals surface area (Å²) >= 11 is 0. The molecule has 0 atom stereocenters. The maximum atomic E-state index is 13.5. The summed E-state index contributed by atoms with van der Waals surface area (Å²) in [4.78, 5) is 11.9. The number of carbonyl (C=O) groups excluding carboxylic acids is 1. The van der Waals surface area contributed by atoms with Gasteiger partial charge >= 0.3 is 12.2 Å². The molecule has 2 aromatic carbocycles. The van der Waals surface area contributed by atoms with Gasteiger partial charge in [0.15, 0.2) is 18.1 Å². The maximum absolute atomic E-state index is 13.5. The van der Waals surface area contributed by atoms with Crippen molar-refractivity contribution < 1.29 is 31.8 Å². The number of anilines is 1. The van der Waals surface area contributed by atoms with Gasteiger partial charge in [0.2, 0.25) is 0 Å². The van der Waals surface area contributed by atoms with Gasteiger partial charge in [-0.3, -0.25) is 0 Å². The number of hydrogen-bond donors (Lipinski definition) is 2. The van der Waals surface area contributed by atoms with Gasteiger partial charge in [0, 0.05) is 18.3 Å². The van der Waals surface area contributed by atoms with Crippen molar-refractivity contribution in [1.29, 1.82) is 0 Å². The predicted octanol–water partition coefficient (Wildman–Crippen LogP) is 4.14. The lowest BCUT2D eigenvalue weighted by Crippen LogP contribution is -2.30. The topological polar surface area (TPSA) is 59.6 Å². The van der Waals surface area contributed by atoms with E-state index in [1.807, 2.05) is 0 Å². The molecule has 146 valence electrons. The zero-order valence-electron chi connectivity index (χ0n) is 14.4. The number of amides is 2. The maximum Gasteiger partial charge on any atom is 0.422 e. The molecule has 0 aromatic heterocycles. The summed E-state index contributed by atoms with van der Waals surface area (Å²) in [5, 5.41) is 5.01. The Labute approximate surface area is 153 Å². The van der Waals surface area contributed by atoms with Crippen LogP contribution in [0.3, 0.4) is 0 Å². The standard InChI is InChI=1S/C18H18F4N2O3/c1-26-15-7-6-13(10-16(15)27-11-18(20,21)22)24-17(25)23-9-8-12-4-2-3-5-14(12)19/h2-7,10H,8-9,11H2,1H3,(H2,23,24,25). The molecule has 2 rings (SSSR count). The van der Waals surface area contributed by atoms with E-state index >= 15 is 0 Å². The summed E-state index contributed by atoms with van der Waals surface area (Å²) in [6.45, 7) is -1.30. The van der Waals surface area contributed by atoms with Crippen LogP contribution in [0.4, 0.5) is 28.0 Å². The third-order valence-electron chi connectivity index (χ3n) is 3.45. The number of halogens is 4. The third kappa shape index (κ3) is 6.69. The molecule has 0 spiro atoms. The van der Waals surface area contributed by atoms with Crippen LogP contribution in [0.2, 0.25) is 0 Å². The minimum Gasteiger partial charge on any atom is -0.493 e. The number of rotatable bonds is 7. The zero-order valence-corrected chi connectivity index (χ0v) is 14.4. The fourth-order valence-corrected chi connectivity index (χ4v) is 2.21. The summed E-state index contributed by atoms with van der Waals surface area (Å²) in [6.07, 6.45) is -4.21. The van der Waals surface area contributed by atoms with E-state index in [9.17, 15) is 22.4 Å². The first-order valence-electron chi connectivity index (χ1n) is 7.94. The van der Waals surface area contributed by atoms with Crippen LogP contribution in [0.25, 0.3) is 0 Å². The van der Waals surface area contributed by atoms with Crippen LogP contribution in [0, 0.1) is 5.82 Å². The van der Waals surface area contributed by atoms with Crippen LogP contribution in [0.1, 0.15) is 5.56 Å². The van der Waals surface area contributed by atoms with Crippen molar-refractivity contribution in [2.45, 2.75) is 12.6 Å². The number of benzene rings is 2. The lowest BCUT2D eigenvalue weighted by Gasteiger charge is -2.14. The molecule has 2 amide bonds. The van der Waals surface area contributed by atoms with Crippen molar-refractivity contribution in [2.75, 3.05) is 25.6 Å². The molecule has 0 radical (unpaired) electrons. The highest BCUT2D eigenvalue weighted by atomic mass is 19.4. The molecule has 0 aliphatic rings. The van der Waals surface area contributed by atoms with E-state index in [0.29, 0.717) is 12.0 Å². The average molecular weight is 386 g/mol. The molecule has 0 saturated heterocycles. The minimum atomic E-state index is -4.50. The number of urea groups is 1. The average Bonchev–Trinajstić information content (AvgIpc) is 2.61. The number of hydrogen-bond acceptors (Lipinski definition) is 3. The van der Waals surface area contributed by atoms with Gasteiger partial charge in [-0.1, -0.05) is 18.2 Å². The van der Waals surface area contributed by atoms with Gasteiger partial charge < -0.3 is 20.1 Å². The summed E-state index contributed by atoms with van der Waals surface area (Å²) < 4.78 is 60.1. The molecule has 0 aliphatic heterocycles. The van der Waals surface area contributed by atoms with Crippen molar-refractivity contribution in [3.05, 3.63) is 53.8 Å². The monoisotopic (exact) mass is 386 g/mol. The molecule has 5 nitrogen and oxygen atoms in total. The van der Waals surface area contributed by atoms with Gasteiger partial charge in [-0.15, -0.1) is 0 Å². The van der Waals surface area contributed by atoms with Crippen molar-refractivity contribution in [3.8, 4) is 11.5 Å². The highest BCUT2D eigenvalue weighted by molar-refractivity contribution is 5.89. The number of methoxy groups -OCH3 is 1.